The predicted octanol–water partition coefficient (Wildman–Crippen LogP) is 8.41. The largest absolute Gasteiger partial charge is 0.278 e. The SMILES string of the molecule is C[Si]1(C)c2ccccc2-c2c(-c3ccccc3)nc(-n3c4ccccc4c4cc5c(cc43)sc3ccccc35)nc21. The van der Waals surface area contributed by atoms with Gasteiger partial charge in [-0.2, -0.15) is 0 Å². The number of fused-ring (bicyclic) bond motifs is 9. The molecule has 0 N–H and O–H groups in total. The molecule has 3 nitrogen and oxygen atoms in total. The summed E-state index contributed by atoms with van der Waals surface area (Å²) < 4.78 is 4.90. The molecule has 9 rings (SSSR count). The number of para-hydroxylation sites is 1. The molecule has 0 saturated carbocycles. The summed E-state index contributed by atoms with van der Waals surface area (Å²) in [5.41, 5.74) is 6.93. The number of rotatable bonds is 2. The molecule has 0 unspecified atom stereocenters. The van der Waals surface area contributed by atoms with E-state index in [1.165, 1.54) is 52.6 Å². The third-order valence-electron chi connectivity index (χ3n) is 8.78. The van der Waals surface area contributed by atoms with Gasteiger partial charge in [0.25, 0.3) is 0 Å². The smallest absolute Gasteiger partial charge is 0.235 e. The summed E-state index contributed by atoms with van der Waals surface area (Å²) in [4.78, 5) is 10.9. The van der Waals surface area contributed by atoms with Crippen molar-refractivity contribution in [1.29, 1.82) is 0 Å². The van der Waals surface area contributed by atoms with Crippen LogP contribution < -0.4 is 10.5 Å². The standard InChI is InChI=1S/C36H25N3SSi/c1-41(2)32-19-11-8-16-25(32)33-34(22-12-4-3-5-13-22)37-36(38-35(33)41)39-28-17-9-6-14-23(28)26-20-27-24-15-7-10-18-30(24)40-31(27)21-29(26)39/h3-21H,1-2H3. The Kier molecular flexibility index (Phi) is 4.65. The summed E-state index contributed by atoms with van der Waals surface area (Å²) >= 11 is 1.85. The zero-order chi connectivity index (χ0) is 27.3. The van der Waals surface area contributed by atoms with Gasteiger partial charge >= 0.3 is 0 Å². The van der Waals surface area contributed by atoms with Crippen LogP contribution in [0.3, 0.4) is 0 Å². The molecule has 194 valence electrons. The number of aromatic nitrogens is 3. The van der Waals surface area contributed by atoms with E-state index in [4.69, 9.17) is 9.97 Å². The first-order valence-electron chi connectivity index (χ1n) is 14.0. The van der Waals surface area contributed by atoms with Crippen molar-refractivity contribution in [2.24, 2.45) is 0 Å². The third-order valence-corrected chi connectivity index (χ3v) is 13.2. The lowest BCUT2D eigenvalue weighted by Gasteiger charge is -2.19. The summed E-state index contributed by atoms with van der Waals surface area (Å²) in [6.07, 6.45) is 0. The summed E-state index contributed by atoms with van der Waals surface area (Å²) in [6.45, 7) is 4.85. The predicted molar refractivity (Wildman–Crippen MR) is 177 cm³/mol. The van der Waals surface area contributed by atoms with E-state index in [2.05, 4.69) is 133 Å². The van der Waals surface area contributed by atoms with Gasteiger partial charge in [0.15, 0.2) is 0 Å². The molecular formula is C36H25N3SSi. The Morgan fingerprint density at radius 3 is 2.22 bits per heavy atom. The Hall–Kier alpha value is -4.58. The van der Waals surface area contributed by atoms with Gasteiger partial charge in [0.1, 0.15) is 8.07 Å². The van der Waals surface area contributed by atoms with Crippen LogP contribution in [0, 0.1) is 0 Å². The van der Waals surface area contributed by atoms with Crippen LogP contribution in [0.1, 0.15) is 0 Å². The van der Waals surface area contributed by atoms with E-state index in [1.54, 1.807) is 0 Å². The van der Waals surface area contributed by atoms with Crippen molar-refractivity contribution in [3.63, 3.8) is 0 Å². The second kappa shape index (κ2) is 8.23. The van der Waals surface area contributed by atoms with E-state index >= 15 is 0 Å². The van der Waals surface area contributed by atoms with Crippen LogP contribution in [0.25, 0.3) is 70.3 Å². The van der Waals surface area contributed by atoms with E-state index in [0.29, 0.717) is 0 Å². The van der Waals surface area contributed by atoms with Crippen molar-refractivity contribution in [1.82, 2.24) is 14.5 Å². The molecule has 0 amide bonds. The van der Waals surface area contributed by atoms with Gasteiger partial charge in [0, 0.05) is 47.4 Å². The summed E-state index contributed by atoms with van der Waals surface area (Å²) in [6, 6.07) is 41.6. The molecule has 1 aliphatic heterocycles. The molecule has 0 aliphatic carbocycles. The molecule has 41 heavy (non-hydrogen) atoms. The van der Waals surface area contributed by atoms with Crippen LogP contribution >= 0.6 is 11.3 Å². The average molecular weight is 560 g/mol. The van der Waals surface area contributed by atoms with Crippen LogP contribution in [-0.2, 0) is 0 Å². The van der Waals surface area contributed by atoms with Crippen molar-refractivity contribution in [3.8, 4) is 28.3 Å². The van der Waals surface area contributed by atoms with Crippen molar-refractivity contribution in [2.75, 3.05) is 0 Å². The Morgan fingerprint density at radius 2 is 1.34 bits per heavy atom. The van der Waals surface area contributed by atoms with Crippen LogP contribution in [0.4, 0.5) is 0 Å². The zero-order valence-electron chi connectivity index (χ0n) is 22.7. The van der Waals surface area contributed by atoms with E-state index in [0.717, 1.165) is 28.2 Å². The molecule has 1 aliphatic rings. The first-order valence-corrected chi connectivity index (χ1v) is 17.8. The van der Waals surface area contributed by atoms with E-state index in [1.807, 2.05) is 11.3 Å². The van der Waals surface area contributed by atoms with Gasteiger partial charge in [-0.15, -0.1) is 11.3 Å². The minimum atomic E-state index is -2.05. The summed E-state index contributed by atoms with van der Waals surface area (Å²) in [7, 11) is -2.05. The lowest BCUT2D eigenvalue weighted by molar-refractivity contribution is 1.01. The normalized spacial score (nSPS) is 13.8. The Balaban J connectivity index is 1.42. The van der Waals surface area contributed by atoms with E-state index in [-0.39, 0.29) is 0 Å². The number of hydrogen-bond acceptors (Lipinski definition) is 3. The fraction of sp³-hybridized carbons (Fsp3) is 0.0556. The number of benzene rings is 5. The second-order valence-corrected chi connectivity index (χ2v) is 16.8. The van der Waals surface area contributed by atoms with Gasteiger partial charge in [0.2, 0.25) is 5.95 Å². The van der Waals surface area contributed by atoms with Gasteiger partial charge < -0.3 is 0 Å². The van der Waals surface area contributed by atoms with Gasteiger partial charge in [-0.1, -0.05) is 104 Å². The van der Waals surface area contributed by atoms with Crippen LogP contribution in [0.15, 0.2) is 115 Å². The van der Waals surface area contributed by atoms with Crippen LogP contribution in [0.2, 0.25) is 13.1 Å². The molecule has 4 heterocycles. The van der Waals surface area contributed by atoms with Crippen LogP contribution in [0.5, 0.6) is 0 Å². The lowest BCUT2D eigenvalue weighted by atomic mass is 10.0. The molecule has 0 spiro atoms. The maximum Gasteiger partial charge on any atom is 0.235 e. The molecule has 5 aromatic carbocycles. The molecule has 8 aromatic rings. The quantitative estimate of drug-likeness (QED) is 0.199. The highest BCUT2D eigenvalue weighted by Crippen LogP contribution is 2.41. The maximum absolute atomic E-state index is 5.49. The first-order chi connectivity index (χ1) is 20.1. The molecule has 0 bridgehead atoms. The fourth-order valence-electron chi connectivity index (χ4n) is 6.84. The summed E-state index contributed by atoms with van der Waals surface area (Å²) in [5.74, 6) is 0.752. The fourth-order valence-corrected chi connectivity index (χ4v) is 10.9. The molecule has 0 saturated heterocycles. The van der Waals surface area contributed by atoms with Gasteiger partial charge in [0.05, 0.1) is 16.7 Å². The minimum absolute atomic E-state index is 0.752. The number of hydrogen-bond donors (Lipinski definition) is 0. The monoisotopic (exact) mass is 559 g/mol. The van der Waals surface area contributed by atoms with Gasteiger partial charge in [-0.3, -0.25) is 4.57 Å². The topological polar surface area (TPSA) is 30.7 Å². The summed E-state index contributed by atoms with van der Waals surface area (Å²) in [5, 5.41) is 7.75. The third kappa shape index (κ3) is 3.13. The number of thiophene rings is 1. The molecular weight excluding hydrogens is 535 g/mol. The average Bonchev–Trinajstić information content (AvgIpc) is 3.61. The van der Waals surface area contributed by atoms with Crippen molar-refractivity contribution < 1.29 is 0 Å². The van der Waals surface area contributed by atoms with E-state index in [9.17, 15) is 0 Å². The first kappa shape index (κ1) is 23.2. The van der Waals surface area contributed by atoms with Crippen molar-refractivity contribution in [3.05, 3.63) is 115 Å². The highest BCUT2D eigenvalue weighted by molar-refractivity contribution is 7.25. The molecule has 0 atom stereocenters. The number of nitrogens with zero attached hydrogens (tertiary/aromatic N) is 3. The van der Waals surface area contributed by atoms with Crippen molar-refractivity contribution >= 4 is 71.9 Å². The molecule has 3 aromatic heterocycles. The Bertz CT molecular complexity index is 2350. The maximum atomic E-state index is 5.49. The van der Waals surface area contributed by atoms with E-state index < -0.39 is 8.07 Å². The zero-order valence-corrected chi connectivity index (χ0v) is 24.5. The van der Waals surface area contributed by atoms with Gasteiger partial charge in [-0.05, 0) is 35.0 Å². The van der Waals surface area contributed by atoms with Gasteiger partial charge in [-0.25, -0.2) is 9.97 Å². The molecule has 5 heteroatoms. The molecule has 0 radical (unpaired) electrons. The van der Waals surface area contributed by atoms with Crippen LogP contribution in [-0.4, -0.2) is 22.6 Å². The van der Waals surface area contributed by atoms with Crippen molar-refractivity contribution in [2.45, 2.75) is 13.1 Å². The highest BCUT2D eigenvalue weighted by Gasteiger charge is 2.41. The second-order valence-electron chi connectivity index (χ2n) is 11.4. The Labute approximate surface area is 242 Å². The lowest BCUT2D eigenvalue weighted by Crippen LogP contribution is -2.51. The Morgan fingerprint density at radius 1 is 0.610 bits per heavy atom. The highest BCUT2D eigenvalue weighted by atomic mass is 32.1. The molecule has 0 fully saturated rings. The minimum Gasteiger partial charge on any atom is -0.278 e.